The number of aryl methyl sites for hydroxylation is 1. The maximum absolute atomic E-state index is 11.9. The minimum Gasteiger partial charge on any atom is -0.384 e. The highest BCUT2D eigenvalue weighted by Crippen LogP contribution is 2.19. The summed E-state index contributed by atoms with van der Waals surface area (Å²) in [6, 6.07) is 11.9. The Bertz CT molecular complexity index is 868. The molecule has 26 heavy (non-hydrogen) atoms. The third kappa shape index (κ3) is 6.33. The van der Waals surface area contributed by atoms with Gasteiger partial charge in [-0.15, -0.1) is 0 Å². The molecule has 0 aliphatic heterocycles. The van der Waals surface area contributed by atoms with Gasteiger partial charge in [0, 0.05) is 30.2 Å². The van der Waals surface area contributed by atoms with Crippen LogP contribution >= 0.6 is 11.6 Å². The molecule has 8 heteroatoms. The van der Waals surface area contributed by atoms with E-state index in [-0.39, 0.29) is 10.8 Å². The standard InChI is InChI=1S/C18H22ClN3O3S/c1-13-2-5-15(19)12-17(13)21-11-9-18(23)22-10-8-14-3-6-16(7-4-14)26(20,24)25/h2-7,12,21H,8-11H2,1H3,(H,22,23)(H2,20,24,25). The van der Waals surface area contributed by atoms with Crippen molar-refractivity contribution < 1.29 is 13.2 Å². The number of halogens is 1. The summed E-state index contributed by atoms with van der Waals surface area (Å²) in [6.07, 6.45) is 0.952. The Morgan fingerprint density at radius 2 is 1.81 bits per heavy atom. The molecule has 0 fully saturated rings. The molecule has 2 rings (SSSR count). The highest BCUT2D eigenvalue weighted by Gasteiger charge is 2.07. The first-order valence-corrected chi connectivity index (χ1v) is 10.1. The first-order valence-electron chi connectivity index (χ1n) is 8.14. The normalized spacial score (nSPS) is 11.2. The maximum Gasteiger partial charge on any atom is 0.238 e. The van der Waals surface area contributed by atoms with Crippen molar-refractivity contribution in [3.8, 4) is 0 Å². The van der Waals surface area contributed by atoms with Crippen molar-refractivity contribution in [3.05, 3.63) is 58.6 Å². The highest BCUT2D eigenvalue weighted by atomic mass is 35.5. The first kappa shape index (κ1) is 20.2. The molecule has 6 nitrogen and oxygen atoms in total. The molecule has 0 aliphatic carbocycles. The van der Waals surface area contributed by atoms with E-state index >= 15 is 0 Å². The molecule has 2 aromatic carbocycles. The van der Waals surface area contributed by atoms with Crippen LogP contribution in [0.3, 0.4) is 0 Å². The Hall–Kier alpha value is -2.09. The van der Waals surface area contributed by atoms with Gasteiger partial charge in [0.05, 0.1) is 4.90 Å². The van der Waals surface area contributed by atoms with E-state index in [9.17, 15) is 13.2 Å². The van der Waals surface area contributed by atoms with Crippen LogP contribution in [0.15, 0.2) is 47.4 Å². The second kappa shape index (κ2) is 9.02. The molecule has 0 aliphatic rings. The van der Waals surface area contributed by atoms with Crippen LogP contribution < -0.4 is 15.8 Å². The van der Waals surface area contributed by atoms with E-state index in [4.69, 9.17) is 16.7 Å². The van der Waals surface area contributed by atoms with E-state index in [1.165, 1.54) is 12.1 Å². The summed E-state index contributed by atoms with van der Waals surface area (Å²) in [5.74, 6) is -0.0571. The highest BCUT2D eigenvalue weighted by molar-refractivity contribution is 7.89. The number of primary sulfonamides is 1. The lowest BCUT2D eigenvalue weighted by molar-refractivity contribution is -0.120. The summed E-state index contributed by atoms with van der Waals surface area (Å²) < 4.78 is 22.4. The van der Waals surface area contributed by atoms with Crippen LogP contribution in [0.5, 0.6) is 0 Å². The molecule has 0 aromatic heterocycles. The number of hydrogen-bond donors (Lipinski definition) is 3. The lowest BCUT2D eigenvalue weighted by Crippen LogP contribution is -2.27. The number of carbonyl (C=O) groups excluding carboxylic acids is 1. The van der Waals surface area contributed by atoms with Gasteiger partial charge in [0.2, 0.25) is 15.9 Å². The van der Waals surface area contributed by atoms with Crippen molar-refractivity contribution in [1.29, 1.82) is 0 Å². The van der Waals surface area contributed by atoms with Gasteiger partial charge in [-0.25, -0.2) is 13.6 Å². The minimum atomic E-state index is -3.68. The van der Waals surface area contributed by atoms with Gasteiger partial charge in [0.1, 0.15) is 0 Å². The second-order valence-corrected chi connectivity index (χ2v) is 7.92. The monoisotopic (exact) mass is 395 g/mol. The lowest BCUT2D eigenvalue weighted by Gasteiger charge is -2.10. The minimum absolute atomic E-state index is 0.0571. The number of benzene rings is 2. The Morgan fingerprint density at radius 1 is 1.12 bits per heavy atom. The zero-order valence-corrected chi connectivity index (χ0v) is 16.0. The number of amides is 1. The summed E-state index contributed by atoms with van der Waals surface area (Å²) in [7, 11) is -3.68. The van der Waals surface area contributed by atoms with Crippen molar-refractivity contribution in [1.82, 2.24) is 5.32 Å². The SMILES string of the molecule is Cc1ccc(Cl)cc1NCCC(=O)NCCc1ccc(S(N)(=O)=O)cc1. The van der Waals surface area contributed by atoms with Gasteiger partial charge >= 0.3 is 0 Å². The van der Waals surface area contributed by atoms with Crippen molar-refractivity contribution in [2.45, 2.75) is 24.7 Å². The molecule has 0 heterocycles. The zero-order valence-electron chi connectivity index (χ0n) is 14.5. The third-order valence-corrected chi connectivity index (χ3v) is 5.02. The fraction of sp³-hybridized carbons (Fsp3) is 0.278. The van der Waals surface area contributed by atoms with Gasteiger partial charge in [-0.05, 0) is 48.7 Å². The average molecular weight is 396 g/mol. The number of nitrogens with one attached hydrogen (secondary N) is 2. The van der Waals surface area contributed by atoms with Crippen molar-refractivity contribution in [2.75, 3.05) is 18.4 Å². The predicted molar refractivity (Wildman–Crippen MR) is 104 cm³/mol. The Kier molecular flexibility index (Phi) is 7.02. The van der Waals surface area contributed by atoms with E-state index in [2.05, 4.69) is 10.6 Å². The Labute approximate surface area is 158 Å². The number of sulfonamides is 1. The largest absolute Gasteiger partial charge is 0.384 e. The van der Waals surface area contributed by atoms with Crippen LogP contribution in [-0.2, 0) is 21.2 Å². The molecule has 0 spiro atoms. The topological polar surface area (TPSA) is 101 Å². The third-order valence-electron chi connectivity index (χ3n) is 3.85. The van der Waals surface area contributed by atoms with Crippen LogP contribution in [0.1, 0.15) is 17.5 Å². The van der Waals surface area contributed by atoms with Gasteiger partial charge in [-0.2, -0.15) is 0 Å². The molecule has 140 valence electrons. The van der Waals surface area contributed by atoms with Gasteiger partial charge in [0.15, 0.2) is 0 Å². The van der Waals surface area contributed by atoms with Crippen LogP contribution in [0.2, 0.25) is 5.02 Å². The predicted octanol–water partition coefficient (Wildman–Crippen LogP) is 2.46. The number of hydrogen-bond acceptors (Lipinski definition) is 4. The molecule has 2 aromatic rings. The van der Waals surface area contributed by atoms with Gasteiger partial charge in [0.25, 0.3) is 0 Å². The van der Waals surface area contributed by atoms with Crippen molar-refractivity contribution in [2.24, 2.45) is 5.14 Å². The van der Waals surface area contributed by atoms with E-state index in [0.717, 1.165) is 16.8 Å². The van der Waals surface area contributed by atoms with Crippen molar-refractivity contribution in [3.63, 3.8) is 0 Å². The molecule has 0 unspecified atom stereocenters. The lowest BCUT2D eigenvalue weighted by atomic mass is 10.1. The number of nitrogens with two attached hydrogens (primary N) is 1. The zero-order chi connectivity index (χ0) is 19.2. The van der Waals surface area contributed by atoms with E-state index in [1.54, 1.807) is 12.1 Å². The Morgan fingerprint density at radius 3 is 2.46 bits per heavy atom. The molecule has 0 saturated carbocycles. The summed E-state index contributed by atoms with van der Waals surface area (Å²) in [6.45, 7) is 2.96. The number of rotatable bonds is 8. The van der Waals surface area contributed by atoms with Gasteiger partial charge in [-0.1, -0.05) is 29.8 Å². The quantitative estimate of drug-likeness (QED) is 0.639. The maximum atomic E-state index is 11.9. The summed E-state index contributed by atoms with van der Waals surface area (Å²) in [4.78, 5) is 12.0. The average Bonchev–Trinajstić information content (AvgIpc) is 2.57. The first-order chi connectivity index (χ1) is 12.3. The van der Waals surface area contributed by atoms with E-state index in [1.807, 2.05) is 25.1 Å². The fourth-order valence-electron chi connectivity index (χ4n) is 2.38. The summed E-state index contributed by atoms with van der Waals surface area (Å²) in [5, 5.41) is 11.7. The second-order valence-electron chi connectivity index (χ2n) is 5.92. The molecule has 0 bridgehead atoms. The van der Waals surface area contributed by atoms with E-state index < -0.39 is 10.0 Å². The molecule has 0 radical (unpaired) electrons. The smallest absolute Gasteiger partial charge is 0.238 e. The molecule has 4 N–H and O–H groups in total. The van der Waals surface area contributed by atoms with Crippen LogP contribution in [0.25, 0.3) is 0 Å². The Balaban J connectivity index is 1.71. The molecule has 0 saturated heterocycles. The molecule has 0 atom stereocenters. The number of anilines is 1. The van der Waals surface area contributed by atoms with Crippen LogP contribution in [0.4, 0.5) is 5.69 Å². The summed E-state index contributed by atoms with van der Waals surface area (Å²) in [5.41, 5.74) is 2.91. The van der Waals surface area contributed by atoms with E-state index in [0.29, 0.717) is 31.0 Å². The fourth-order valence-corrected chi connectivity index (χ4v) is 3.06. The van der Waals surface area contributed by atoms with Crippen LogP contribution in [-0.4, -0.2) is 27.4 Å². The molecular formula is C18H22ClN3O3S. The van der Waals surface area contributed by atoms with Gasteiger partial charge < -0.3 is 10.6 Å². The molecular weight excluding hydrogens is 374 g/mol. The number of carbonyl (C=O) groups is 1. The molecule has 1 amide bonds. The summed E-state index contributed by atoms with van der Waals surface area (Å²) >= 11 is 5.96. The van der Waals surface area contributed by atoms with Crippen molar-refractivity contribution >= 4 is 33.2 Å². The van der Waals surface area contributed by atoms with Gasteiger partial charge in [-0.3, -0.25) is 4.79 Å². The van der Waals surface area contributed by atoms with Crippen LogP contribution in [0, 0.1) is 6.92 Å².